The summed E-state index contributed by atoms with van der Waals surface area (Å²) in [7, 11) is 3.54. The molecule has 0 radical (unpaired) electrons. The Balaban J connectivity index is 2.68. The van der Waals surface area contributed by atoms with E-state index in [2.05, 4.69) is 0 Å². The molecule has 0 saturated carbocycles. The highest BCUT2D eigenvalue weighted by Gasteiger charge is 2.27. The molecule has 102 valence electrons. The minimum Gasteiger partial charge on any atom is -0.497 e. The molecule has 19 heavy (non-hydrogen) atoms. The van der Waals surface area contributed by atoms with Crippen LogP contribution in [0.1, 0.15) is 25.3 Å². The SMILES string of the molecule is COc1ccc2c(c1)c(C(C(=O)O)C(C)C)cn2C. The van der Waals surface area contributed by atoms with Crippen LogP contribution in [0.3, 0.4) is 0 Å². The first-order valence-corrected chi connectivity index (χ1v) is 6.31. The first-order valence-electron chi connectivity index (χ1n) is 6.31. The van der Waals surface area contributed by atoms with E-state index in [0.717, 1.165) is 22.2 Å². The quantitative estimate of drug-likeness (QED) is 0.920. The Bertz CT molecular complexity index is 613. The summed E-state index contributed by atoms with van der Waals surface area (Å²) in [5.74, 6) is -0.511. The van der Waals surface area contributed by atoms with E-state index >= 15 is 0 Å². The number of methoxy groups -OCH3 is 1. The number of carbonyl (C=O) groups is 1. The molecule has 1 heterocycles. The molecule has 4 heteroatoms. The number of rotatable bonds is 4. The molecule has 0 amide bonds. The Kier molecular flexibility index (Phi) is 3.51. The molecule has 1 unspecified atom stereocenters. The zero-order valence-corrected chi connectivity index (χ0v) is 11.7. The van der Waals surface area contributed by atoms with Crippen molar-refractivity contribution in [2.75, 3.05) is 7.11 Å². The zero-order chi connectivity index (χ0) is 14.2. The number of aryl methyl sites for hydroxylation is 1. The fourth-order valence-corrected chi connectivity index (χ4v) is 2.55. The van der Waals surface area contributed by atoms with Crippen molar-refractivity contribution < 1.29 is 14.6 Å². The second kappa shape index (κ2) is 4.96. The number of benzene rings is 1. The Morgan fingerprint density at radius 2 is 2.05 bits per heavy atom. The average Bonchev–Trinajstić information content (AvgIpc) is 2.65. The van der Waals surface area contributed by atoms with Crippen molar-refractivity contribution in [3.63, 3.8) is 0 Å². The second-order valence-corrected chi connectivity index (χ2v) is 5.14. The summed E-state index contributed by atoms with van der Waals surface area (Å²) in [6.07, 6.45) is 1.91. The van der Waals surface area contributed by atoms with Crippen molar-refractivity contribution in [3.05, 3.63) is 30.0 Å². The van der Waals surface area contributed by atoms with Gasteiger partial charge in [0.25, 0.3) is 0 Å². The van der Waals surface area contributed by atoms with E-state index < -0.39 is 11.9 Å². The van der Waals surface area contributed by atoms with Gasteiger partial charge in [-0.05, 0) is 29.7 Å². The number of hydrogen-bond acceptors (Lipinski definition) is 2. The van der Waals surface area contributed by atoms with Crippen LogP contribution in [0, 0.1) is 5.92 Å². The summed E-state index contributed by atoms with van der Waals surface area (Å²) in [5.41, 5.74) is 1.86. The number of hydrogen-bond donors (Lipinski definition) is 1. The number of ether oxygens (including phenoxy) is 1. The van der Waals surface area contributed by atoms with Crippen LogP contribution >= 0.6 is 0 Å². The Labute approximate surface area is 112 Å². The number of carboxylic acids is 1. The van der Waals surface area contributed by atoms with Crippen molar-refractivity contribution in [3.8, 4) is 5.75 Å². The monoisotopic (exact) mass is 261 g/mol. The third-order valence-corrected chi connectivity index (χ3v) is 3.50. The first-order chi connectivity index (χ1) is 8.95. The molecule has 1 aromatic carbocycles. The van der Waals surface area contributed by atoms with Crippen LogP contribution < -0.4 is 4.74 Å². The molecule has 0 aliphatic carbocycles. The predicted molar refractivity (Wildman–Crippen MR) is 74.7 cm³/mol. The molecule has 0 bridgehead atoms. The summed E-state index contributed by atoms with van der Waals surface area (Å²) in [6.45, 7) is 3.86. The Hall–Kier alpha value is -1.97. The minimum absolute atomic E-state index is 0.0364. The van der Waals surface area contributed by atoms with Crippen LogP contribution in [0.5, 0.6) is 5.75 Å². The molecule has 2 aromatic rings. The lowest BCUT2D eigenvalue weighted by Crippen LogP contribution is -2.17. The van der Waals surface area contributed by atoms with Gasteiger partial charge in [-0.3, -0.25) is 4.79 Å². The molecule has 1 aromatic heterocycles. The van der Waals surface area contributed by atoms with Gasteiger partial charge >= 0.3 is 5.97 Å². The molecular formula is C15H19NO3. The van der Waals surface area contributed by atoms with Crippen LogP contribution in [0.15, 0.2) is 24.4 Å². The van der Waals surface area contributed by atoms with E-state index in [0.29, 0.717) is 0 Å². The van der Waals surface area contributed by atoms with Gasteiger partial charge in [-0.2, -0.15) is 0 Å². The van der Waals surface area contributed by atoms with E-state index in [1.165, 1.54) is 0 Å². The lowest BCUT2D eigenvalue weighted by atomic mass is 9.88. The topological polar surface area (TPSA) is 51.5 Å². The van der Waals surface area contributed by atoms with Crippen LogP contribution in [0.25, 0.3) is 10.9 Å². The summed E-state index contributed by atoms with van der Waals surface area (Å²) in [6, 6.07) is 5.75. The predicted octanol–water partition coefficient (Wildman–Crippen LogP) is 3.01. The summed E-state index contributed by atoms with van der Waals surface area (Å²) < 4.78 is 7.19. The van der Waals surface area contributed by atoms with E-state index in [1.807, 2.05) is 49.9 Å². The van der Waals surface area contributed by atoms with E-state index in [-0.39, 0.29) is 5.92 Å². The number of aromatic nitrogens is 1. The van der Waals surface area contributed by atoms with Gasteiger partial charge in [0.15, 0.2) is 0 Å². The molecule has 1 N–H and O–H groups in total. The summed E-state index contributed by atoms with van der Waals surface area (Å²) in [4.78, 5) is 11.5. The number of fused-ring (bicyclic) bond motifs is 1. The van der Waals surface area contributed by atoms with Crippen molar-refractivity contribution >= 4 is 16.9 Å². The van der Waals surface area contributed by atoms with Crippen LogP contribution in [-0.4, -0.2) is 22.8 Å². The molecule has 1 atom stereocenters. The normalized spacial score (nSPS) is 12.9. The first kappa shape index (κ1) is 13.5. The molecular weight excluding hydrogens is 242 g/mol. The standard InChI is InChI=1S/C15H19NO3/c1-9(2)14(15(17)18)12-8-16(3)13-6-5-10(19-4)7-11(12)13/h5-9,14H,1-4H3,(H,17,18). The van der Waals surface area contributed by atoms with E-state index in [9.17, 15) is 9.90 Å². The number of carboxylic acid groups (broad SMARTS) is 1. The van der Waals surface area contributed by atoms with Gasteiger partial charge in [0.05, 0.1) is 13.0 Å². The fraction of sp³-hybridized carbons (Fsp3) is 0.400. The van der Waals surface area contributed by atoms with Gasteiger partial charge < -0.3 is 14.4 Å². The van der Waals surface area contributed by atoms with Crippen LogP contribution in [-0.2, 0) is 11.8 Å². The summed E-state index contributed by atoms with van der Waals surface area (Å²) in [5, 5.41) is 10.4. The van der Waals surface area contributed by atoms with Crippen molar-refractivity contribution in [1.82, 2.24) is 4.57 Å². The van der Waals surface area contributed by atoms with Gasteiger partial charge in [-0.1, -0.05) is 13.8 Å². The maximum absolute atomic E-state index is 11.5. The molecule has 0 spiro atoms. The Morgan fingerprint density at radius 1 is 1.37 bits per heavy atom. The van der Waals surface area contributed by atoms with E-state index in [1.54, 1.807) is 7.11 Å². The van der Waals surface area contributed by atoms with Crippen LogP contribution in [0.4, 0.5) is 0 Å². The maximum atomic E-state index is 11.5. The second-order valence-electron chi connectivity index (χ2n) is 5.14. The maximum Gasteiger partial charge on any atom is 0.311 e. The highest BCUT2D eigenvalue weighted by atomic mass is 16.5. The third kappa shape index (κ3) is 2.30. The molecule has 0 saturated heterocycles. The minimum atomic E-state index is -0.787. The lowest BCUT2D eigenvalue weighted by Gasteiger charge is -2.15. The third-order valence-electron chi connectivity index (χ3n) is 3.50. The van der Waals surface area contributed by atoms with Gasteiger partial charge in [-0.25, -0.2) is 0 Å². The number of nitrogens with zero attached hydrogens (tertiary/aromatic N) is 1. The lowest BCUT2D eigenvalue weighted by molar-refractivity contribution is -0.139. The molecule has 4 nitrogen and oxygen atoms in total. The van der Waals surface area contributed by atoms with Crippen LogP contribution in [0.2, 0.25) is 0 Å². The van der Waals surface area contributed by atoms with Gasteiger partial charge in [0.1, 0.15) is 5.75 Å². The van der Waals surface area contributed by atoms with Gasteiger partial charge in [-0.15, -0.1) is 0 Å². The van der Waals surface area contributed by atoms with Gasteiger partial charge in [0.2, 0.25) is 0 Å². The highest BCUT2D eigenvalue weighted by Crippen LogP contribution is 2.34. The Morgan fingerprint density at radius 3 is 2.58 bits per heavy atom. The average molecular weight is 261 g/mol. The number of aliphatic carboxylic acids is 1. The zero-order valence-electron chi connectivity index (χ0n) is 11.7. The molecule has 0 aliphatic rings. The molecule has 0 aliphatic heterocycles. The fourth-order valence-electron chi connectivity index (χ4n) is 2.55. The largest absolute Gasteiger partial charge is 0.497 e. The van der Waals surface area contributed by atoms with Crippen molar-refractivity contribution in [2.45, 2.75) is 19.8 Å². The smallest absolute Gasteiger partial charge is 0.311 e. The van der Waals surface area contributed by atoms with Crippen molar-refractivity contribution in [2.24, 2.45) is 13.0 Å². The molecule has 0 fully saturated rings. The highest BCUT2D eigenvalue weighted by molar-refractivity contribution is 5.90. The van der Waals surface area contributed by atoms with E-state index in [4.69, 9.17) is 4.74 Å². The van der Waals surface area contributed by atoms with Crippen molar-refractivity contribution in [1.29, 1.82) is 0 Å². The van der Waals surface area contributed by atoms with Gasteiger partial charge in [0, 0.05) is 24.1 Å². The summed E-state index contributed by atoms with van der Waals surface area (Å²) >= 11 is 0. The molecule has 2 rings (SSSR count).